The van der Waals surface area contributed by atoms with E-state index in [4.69, 9.17) is 0 Å². The second kappa shape index (κ2) is 6.81. The van der Waals surface area contributed by atoms with Gasteiger partial charge in [-0.1, -0.05) is 13.8 Å². The van der Waals surface area contributed by atoms with E-state index in [9.17, 15) is 9.59 Å². The summed E-state index contributed by atoms with van der Waals surface area (Å²) in [7, 11) is 1.29. The number of likely N-dealkylation sites (tertiary alicyclic amines) is 1. The summed E-state index contributed by atoms with van der Waals surface area (Å²) in [5.41, 5.74) is 0.944. The molecule has 2 atom stereocenters. The number of rotatable bonds is 5. The molecule has 0 unspecified atom stereocenters. The standard InChI is InChI=1S/C15H24N4O3/c1-9(2)13(18-15(21)22-4)14(20)19-6-5-11(19)7-12-16-8-10(3)17-12/h8-9,11,13H,5-7H2,1-4H3,(H,16,17)(H,18,21)/t11-,13-/m0/s1. The van der Waals surface area contributed by atoms with Gasteiger partial charge in [-0.3, -0.25) is 4.79 Å². The molecule has 0 bridgehead atoms. The normalized spacial score (nSPS) is 18.8. The van der Waals surface area contributed by atoms with E-state index >= 15 is 0 Å². The van der Waals surface area contributed by atoms with Gasteiger partial charge in [0.2, 0.25) is 5.91 Å². The SMILES string of the molecule is COC(=O)N[C@H](C(=O)N1CC[C@H]1Cc1nc(C)c[nH]1)C(C)C. The minimum Gasteiger partial charge on any atom is -0.453 e. The van der Waals surface area contributed by atoms with Gasteiger partial charge in [0.1, 0.15) is 11.9 Å². The molecule has 0 radical (unpaired) electrons. The number of amides is 2. The Morgan fingerprint density at radius 2 is 2.27 bits per heavy atom. The highest BCUT2D eigenvalue weighted by Gasteiger charge is 2.38. The van der Waals surface area contributed by atoms with Gasteiger partial charge in [0, 0.05) is 25.2 Å². The van der Waals surface area contributed by atoms with Gasteiger partial charge >= 0.3 is 6.09 Å². The fraction of sp³-hybridized carbons (Fsp3) is 0.667. The van der Waals surface area contributed by atoms with Gasteiger partial charge in [0.25, 0.3) is 0 Å². The number of aromatic nitrogens is 2. The minimum atomic E-state index is -0.578. The maximum atomic E-state index is 12.6. The first kappa shape index (κ1) is 16.3. The molecular weight excluding hydrogens is 284 g/mol. The molecule has 7 nitrogen and oxygen atoms in total. The van der Waals surface area contributed by atoms with E-state index in [2.05, 4.69) is 20.0 Å². The maximum absolute atomic E-state index is 12.6. The predicted octanol–water partition coefficient (Wildman–Crippen LogP) is 1.24. The summed E-state index contributed by atoms with van der Waals surface area (Å²) in [5.74, 6) is 0.834. The molecule has 0 aromatic carbocycles. The fourth-order valence-electron chi connectivity index (χ4n) is 2.61. The Morgan fingerprint density at radius 1 is 1.55 bits per heavy atom. The lowest BCUT2D eigenvalue weighted by Gasteiger charge is -2.43. The molecule has 1 aliphatic heterocycles. The van der Waals surface area contributed by atoms with E-state index in [1.165, 1.54) is 7.11 Å². The number of hydrogen-bond acceptors (Lipinski definition) is 4. The lowest BCUT2D eigenvalue weighted by Crippen LogP contribution is -2.59. The number of ether oxygens (including phenoxy) is 1. The van der Waals surface area contributed by atoms with Crippen LogP contribution in [0.5, 0.6) is 0 Å². The molecule has 2 amide bonds. The third-order valence-corrected chi connectivity index (χ3v) is 4.01. The zero-order chi connectivity index (χ0) is 16.3. The Bertz CT molecular complexity index is 541. The molecule has 22 heavy (non-hydrogen) atoms. The Hall–Kier alpha value is -2.05. The second-order valence-electron chi connectivity index (χ2n) is 6.02. The van der Waals surface area contributed by atoms with Gasteiger partial charge in [-0.2, -0.15) is 0 Å². The zero-order valence-corrected chi connectivity index (χ0v) is 13.5. The van der Waals surface area contributed by atoms with Crippen molar-refractivity contribution in [2.24, 2.45) is 5.92 Å². The monoisotopic (exact) mass is 308 g/mol. The third kappa shape index (κ3) is 3.58. The molecule has 2 rings (SSSR count). The van der Waals surface area contributed by atoms with Gasteiger partial charge in [-0.25, -0.2) is 9.78 Å². The van der Waals surface area contributed by atoms with Crippen LogP contribution in [0.3, 0.4) is 0 Å². The van der Waals surface area contributed by atoms with Gasteiger partial charge in [0.15, 0.2) is 0 Å². The van der Waals surface area contributed by atoms with Crippen molar-refractivity contribution in [2.75, 3.05) is 13.7 Å². The first-order valence-electron chi connectivity index (χ1n) is 7.58. The van der Waals surface area contributed by atoms with Crippen molar-refractivity contribution in [1.82, 2.24) is 20.2 Å². The van der Waals surface area contributed by atoms with Crippen LogP contribution >= 0.6 is 0 Å². The van der Waals surface area contributed by atoms with Gasteiger partial charge in [-0.15, -0.1) is 0 Å². The topological polar surface area (TPSA) is 87.3 Å². The molecule has 122 valence electrons. The Balaban J connectivity index is 1.99. The molecule has 1 fully saturated rings. The molecule has 0 spiro atoms. The molecule has 2 heterocycles. The summed E-state index contributed by atoms with van der Waals surface area (Å²) in [6.45, 7) is 6.46. The van der Waals surface area contributed by atoms with Crippen LogP contribution in [-0.2, 0) is 16.0 Å². The average Bonchev–Trinajstić information content (AvgIpc) is 2.85. The summed E-state index contributed by atoms with van der Waals surface area (Å²) >= 11 is 0. The number of alkyl carbamates (subject to hydrolysis) is 1. The maximum Gasteiger partial charge on any atom is 0.407 e. The number of carbonyl (C=O) groups excluding carboxylic acids is 2. The summed E-state index contributed by atoms with van der Waals surface area (Å²) in [5, 5.41) is 2.63. The quantitative estimate of drug-likeness (QED) is 0.857. The van der Waals surface area contributed by atoms with Crippen molar-refractivity contribution in [3.63, 3.8) is 0 Å². The molecule has 0 saturated carbocycles. The van der Waals surface area contributed by atoms with Gasteiger partial charge in [0.05, 0.1) is 12.8 Å². The number of hydrogen-bond donors (Lipinski definition) is 2. The Labute approximate surface area is 130 Å². The number of nitrogens with zero attached hydrogens (tertiary/aromatic N) is 2. The van der Waals surface area contributed by atoms with Crippen molar-refractivity contribution >= 4 is 12.0 Å². The number of aryl methyl sites for hydroxylation is 1. The smallest absolute Gasteiger partial charge is 0.407 e. The van der Waals surface area contributed by atoms with Crippen molar-refractivity contribution in [3.8, 4) is 0 Å². The molecule has 1 saturated heterocycles. The van der Waals surface area contributed by atoms with Crippen LogP contribution in [0.2, 0.25) is 0 Å². The highest BCUT2D eigenvalue weighted by molar-refractivity contribution is 5.86. The van der Waals surface area contributed by atoms with Crippen molar-refractivity contribution < 1.29 is 14.3 Å². The van der Waals surface area contributed by atoms with Gasteiger partial charge < -0.3 is 19.9 Å². The molecule has 1 aliphatic rings. The van der Waals surface area contributed by atoms with E-state index in [1.54, 1.807) is 0 Å². The number of carbonyl (C=O) groups is 2. The highest BCUT2D eigenvalue weighted by Crippen LogP contribution is 2.23. The first-order valence-corrected chi connectivity index (χ1v) is 7.58. The Kier molecular flexibility index (Phi) is 5.05. The van der Waals surface area contributed by atoms with Crippen LogP contribution in [-0.4, -0.2) is 52.6 Å². The van der Waals surface area contributed by atoms with E-state index in [0.717, 1.165) is 24.5 Å². The van der Waals surface area contributed by atoms with Crippen LogP contribution in [0.1, 0.15) is 31.8 Å². The van der Waals surface area contributed by atoms with E-state index in [1.807, 2.05) is 31.9 Å². The largest absolute Gasteiger partial charge is 0.453 e. The summed E-state index contributed by atoms with van der Waals surface area (Å²) in [6.07, 6.45) is 2.94. The summed E-state index contributed by atoms with van der Waals surface area (Å²) in [4.78, 5) is 33.4. The van der Waals surface area contributed by atoms with Gasteiger partial charge in [-0.05, 0) is 19.3 Å². The lowest BCUT2D eigenvalue weighted by molar-refractivity contribution is -0.142. The fourth-order valence-corrected chi connectivity index (χ4v) is 2.61. The van der Waals surface area contributed by atoms with E-state index in [0.29, 0.717) is 6.42 Å². The number of imidazole rings is 1. The zero-order valence-electron chi connectivity index (χ0n) is 13.5. The number of aromatic amines is 1. The predicted molar refractivity (Wildman–Crippen MR) is 81.3 cm³/mol. The number of methoxy groups -OCH3 is 1. The minimum absolute atomic E-state index is 0.00120. The van der Waals surface area contributed by atoms with Crippen LogP contribution in [0.25, 0.3) is 0 Å². The van der Waals surface area contributed by atoms with E-state index in [-0.39, 0.29) is 17.9 Å². The van der Waals surface area contributed by atoms with Crippen LogP contribution in [0.4, 0.5) is 4.79 Å². The van der Waals surface area contributed by atoms with E-state index < -0.39 is 12.1 Å². The molecule has 7 heteroatoms. The van der Waals surface area contributed by atoms with Crippen molar-refractivity contribution in [1.29, 1.82) is 0 Å². The molecule has 2 N–H and O–H groups in total. The lowest BCUT2D eigenvalue weighted by atomic mass is 9.95. The third-order valence-electron chi connectivity index (χ3n) is 4.01. The summed E-state index contributed by atoms with van der Waals surface area (Å²) in [6, 6.07) is -0.424. The Morgan fingerprint density at radius 3 is 2.73 bits per heavy atom. The van der Waals surface area contributed by atoms with Crippen LogP contribution in [0, 0.1) is 12.8 Å². The molecule has 0 aliphatic carbocycles. The van der Waals surface area contributed by atoms with Crippen molar-refractivity contribution in [3.05, 3.63) is 17.7 Å². The van der Waals surface area contributed by atoms with Crippen LogP contribution in [0.15, 0.2) is 6.20 Å². The number of nitrogens with one attached hydrogen (secondary N) is 2. The molecule has 1 aromatic rings. The first-order chi connectivity index (χ1) is 10.4. The second-order valence-corrected chi connectivity index (χ2v) is 6.02. The molecular formula is C15H24N4O3. The summed E-state index contributed by atoms with van der Waals surface area (Å²) < 4.78 is 4.60. The molecule has 1 aromatic heterocycles. The number of H-pyrrole nitrogens is 1. The van der Waals surface area contributed by atoms with Crippen molar-refractivity contribution in [2.45, 2.75) is 45.7 Å². The highest BCUT2D eigenvalue weighted by atomic mass is 16.5. The average molecular weight is 308 g/mol. The van der Waals surface area contributed by atoms with Crippen LogP contribution < -0.4 is 5.32 Å².